The minimum absolute atomic E-state index is 1.15. The molecule has 4 rings (SSSR count). The monoisotopic (exact) mass is 387 g/mol. The number of fused-ring (bicyclic) bond motifs is 5. The van der Waals surface area contributed by atoms with Crippen LogP contribution in [-0.2, 0) is 19.4 Å². The molecule has 0 saturated heterocycles. The van der Waals surface area contributed by atoms with Gasteiger partial charge >= 0.3 is 0 Å². The lowest BCUT2D eigenvalue weighted by Crippen LogP contribution is -2.04. The van der Waals surface area contributed by atoms with Gasteiger partial charge in [0.05, 0.1) is 5.52 Å². The lowest BCUT2D eigenvalue weighted by Gasteiger charge is -2.13. The van der Waals surface area contributed by atoms with Gasteiger partial charge in [-0.25, -0.2) is 0 Å². The Bertz CT molecular complexity index is 1020. The van der Waals surface area contributed by atoms with Crippen molar-refractivity contribution in [2.45, 2.75) is 91.5 Å². The molecule has 2 aromatic carbocycles. The molecule has 3 aromatic rings. The second-order valence-electron chi connectivity index (χ2n) is 8.91. The van der Waals surface area contributed by atoms with Gasteiger partial charge in [0.1, 0.15) is 0 Å². The van der Waals surface area contributed by atoms with Crippen molar-refractivity contribution in [3.05, 3.63) is 52.7 Å². The molecule has 0 bridgehead atoms. The van der Waals surface area contributed by atoms with Gasteiger partial charge < -0.3 is 4.57 Å². The summed E-state index contributed by atoms with van der Waals surface area (Å²) >= 11 is 0. The molecule has 1 heteroatoms. The van der Waals surface area contributed by atoms with Crippen LogP contribution in [0.2, 0.25) is 0 Å². The first-order valence-corrected chi connectivity index (χ1v) is 12.0. The van der Waals surface area contributed by atoms with Gasteiger partial charge in [0.15, 0.2) is 0 Å². The Morgan fingerprint density at radius 3 is 2.34 bits per heavy atom. The first-order valence-electron chi connectivity index (χ1n) is 12.0. The molecule has 0 saturated carbocycles. The van der Waals surface area contributed by atoms with E-state index in [1.165, 1.54) is 90.7 Å². The van der Waals surface area contributed by atoms with Crippen LogP contribution >= 0.6 is 0 Å². The molecule has 1 aromatic heterocycles. The molecule has 0 fully saturated rings. The number of hydrogen-bond donors (Lipinski definition) is 0. The van der Waals surface area contributed by atoms with Crippen molar-refractivity contribution in [1.29, 1.82) is 0 Å². The Kier molecular flexibility index (Phi) is 6.43. The summed E-state index contributed by atoms with van der Waals surface area (Å²) in [5.41, 5.74) is 7.66. The van der Waals surface area contributed by atoms with Crippen molar-refractivity contribution in [2.75, 3.05) is 0 Å². The van der Waals surface area contributed by atoms with Gasteiger partial charge in [0.25, 0.3) is 0 Å². The van der Waals surface area contributed by atoms with Crippen LogP contribution in [-0.4, -0.2) is 4.57 Å². The number of unbranched alkanes of at least 4 members (excludes halogenated alkanes) is 4. The minimum atomic E-state index is 1.15. The van der Waals surface area contributed by atoms with E-state index >= 15 is 0 Å². The van der Waals surface area contributed by atoms with Gasteiger partial charge in [-0.2, -0.15) is 0 Å². The van der Waals surface area contributed by atoms with Crippen LogP contribution in [0.25, 0.3) is 27.8 Å². The quantitative estimate of drug-likeness (QED) is 0.307. The molecule has 0 atom stereocenters. The van der Waals surface area contributed by atoms with Gasteiger partial charge in [-0.3, -0.25) is 0 Å². The predicted molar refractivity (Wildman–Crippen MR) is 129 cm³/mol. The molecule has 154 valence electrons. The number of nitrogens with zero attached hydrogens (tertiary/aromatic N) is 1. The van der Waals surface area contributed by atoms with E-state index in [1.54, 1.807) is 11.1 Å². The maximum atomic E-state index is 2.66. The molecule has 0 radical (unpaired) electrons. The molecule has 0 unspecified atom stereocenters. The molecule has 0 spiro atoms. The molecule has 0 aliphatic heterocycles. The third-order valence-electron chi connectivity index (χ3n) is 6.68. The van der Waals surface area contributed by atoms with E-state index in [-0.39, 0.29) is 0 Å². The van der Waals surface area contributed by atoms with Crippen LogP contribution in [0.1, 0.15) is 89.0 Å². The summed E-state index contributed by atoms with van der Waals surface area (Å²) in [6.45, 7) is 8.05. The Balaban J connectivity index is 1.78. The first kappa shape index (κ1) is 20.3. The van der Waals surface area contributed by atoms with Gasteiger partial charge in [0, 0.05) is 23.0 Å². The summed E-state index contributed by atoms with van der Waals surface area (Å²) in [6.07, 6.45) is 15.1. The van der Waals surface area contributed by atoms with Crippen molar-refractivity contribution in [3.8, 4) is 0 Å². The van der Waals surface area contributed by atoms with Crippen LogP contribution < -0.4 is 0 Å². The van der Waals surface area contributed by atoms with Gasteiger partial charge in [0.2, 0.25) is 0 Å². The highest BCUT2D eigenvalue weighted by Crippen LogP contribution is 2.37. The Morgan fingerprint density at radius 2 is 1.55 bits per heavy atom. The zero-order chi connectivity index (χ0) is 20.2. The van der Waals surface area contributed by atoms with Crippen molar-refractivity contribution in [1.82, 2.24) is 4.57 Å². The van der Waals surface area contributed by atoms with Gasteiger partial charge in [-0.15, -0.1) is 0 Å². The van der Waals surface area contributed by atoms with E-state index in [9.17, 15) is 0 Å². The van der Waals surface area contributed by atoms with Crippen LogP contribution in [0.15, 0.2) is 35.9 Å². The van der Waals surface area contributed by atoms with E-state index in [4.69, 9.17) is 0 Å². The van der Waals surface area contributed by atoms with E-state index in [2.05, 4.69) is 61.7 Å². The molecule has 1 nitrogen and oxygen atoms in total. The Morgan fingerprint density at radius 1 is 0.793 bits per heavy atom. The van der Waals surface area contributed by atoms with E-state index in [1.807, 2.05) is 0 Å². The summed E-state index contributed by atoms with van der Waals surface area (Å²) in [5.74, 6) is 0. The standard InChI is InChI=1S/C28H37N/c1-4-7-10-17-29-24(12-9-6-3)20-23-14-15-25-26(28(23)29)16-13-22-18-21(11-8-5-2)19-27(22)25/h13-16,18,20H,4-12,17,19H2,1-3H3. The number of hydrogen-bond acceptors (Lipinski definition) is 0. The highest BCUT2D eigenvalue weighted by Gasteiger charge is 2.18. The third-order valence-corrected chi connectivity index (χ3v) is 6.68. The summed E-state index contributed by atoms with van der Waals surface area (Å²) in [4.78, 5) is 0. The molecule has 1 aliphatic carbocycles. The second-order valence-corrected chi connectivity index (χ2v) is 8.91. The third kappa shape index (κ3) is 4.02. The Hall–Kier alpha value is -2.02. The van der Waals surface area contributed by atoms with Crippen molar-refractivity contribution in [2.24, 2.45) is 0 Å². The smallest absolute Gasteiger partial charge is 0.0562 e. The normalized spacial score (nSPS) is 13.4. The zero-order valence-corrected chi connectivity index (χ0v) is 18.7. The van der Waals surface area contributed by atoms with Crippen molar-refractivity contribution < 1.29 is 0 Å². The zero-order valence-electron chi connectivity index (χ0n) is 18.7. The summed E-state index contributed by atoms with van der Waals surface area (Å²) in [5, 5.41) is 4.37. The molecular weight excluding hydrogens is 350 g/mol. The lowest BCUT2D eigenvalue weighted by molar-refractivity contribution is 0.592. The van der Waals surface area contributed by atoms with Gasteiger partial charge in [-0.05, 0) is 61.1 Å². The van der Waals surface area contributed by atoms with Crippen LogP contribution in [0.4, 0.5) is 0 Å². The lowest BCUT2D eigenvalue weighted by atomic mass is 9.97. The van der Waals surface area contributed by atoms with E-state index < -0.39 is 0 Å². The maximum Gasteiger partial charge on any atom is 0.0562 e. The molecular formula is C28H37N. The predicted octanol–water partition coefficient (Wildman–Crippen LogP) is 8.46. The highest BCUT2D eigenvalue weighted by atomic mass is 15.0. The first-order chi connectivity index (χ1) is 14.3. The summed E-state index contributed by atoms with van der Waals surface area (Å²) in [6, 6.07) is 12.0. The largest absolute Gasteiger partial charge is 0.344 e. The molecule has 0 amide bonds. The fourth-order valence-electron chi connectivity index (χ4n) is 5.04. The fourth-order valence-corrected chi connectivity index (χ4v) is 5.04. The van der Waals surface area contributed by atoms with Crippen molar-refractivity contribution >= 4 is 27.8 Å². The summed E-state index contributed by atoms with van der Waals surface area (Å²) < 4.78 is 2.66. The SMILES string of the molecule is CCCCCn1c(CCCC)cc2ccc3c4c(ccc3c21)C=C(CCCC)C4. The van der Waals surface area contributed by atoms with E-state index in [0.29, 0.717) is 0 Å². The second kappa shape index (κ2) is 9.20. The van der Waals surface area contributed by atoms with Crippen LogP contribution in [0.5, 0.6) is 0 Å². The topological polar surface area (TPSA) is 4.93 Å². The number of aromatic nitrogens is 1. The molecule has 0 N–H and O–H groups in total. The average molecular weight is 388 g/mol. The molecule has 1 aliphatic rings. The van der Waals surface area contributed by atoms with Crippen LogP contribution in [0.3, 0.4) is 0 Å². The number of rotatable bonds is 10. The van der Waals surface area contributed by atoms with Crippen molar-refractivity contribution in [3.63, 3.8) is 0 Å². The average Bonchev–Trinajstić information content (AvgIpc) is 3.31. The number of benzene rings is 2. The number of aryl methyl sites for hydroxylation is 2. The number of allylic oxidation sites excluding steroid dienone is 1. The fraction of sp³-hybridized carbons (Fsp3) is 0.500. The maximum absolute atomic E-state index is 2.66. The molecule has 1 heterocycles. The van der Waals surface area contributed by atoms with Crippen LogP contribution in [0, 0.1) is 0 Å². The van der Waals surface area contributed by atoms with E-state index in [0.717, 1.165) is 13.0 Å². The summed E-state index contributed by atoms with van der Waals surface area (Å²) in [7, 11) is 0. The minimum Gasteiger partial charge on any atom is -0.344 e. The van der Waals surface area contributed by atoms with Gasteiger partial charge in [-0.1, -0.05) is 82.4 Å². The Labute approximate surface area is 176 Å². The molecule has 29 heavy (non-hydrogen) atoms. The highest BCUT2D eigenvalue weighted by molar-refractivity contribution is 6.08.